The summed E-state index contributed by atoms with van der Waals surface area (Å²) < 4.78 is 0. The fourth-order valence-electron chi connectivity index (χ4n) is 10.7. The number of nitrogens with one attached hydrogen (secondary N) is 11. The summed E-state index contributed by atoms with van der Waals surface area (Å²) in [5, 5.41) is 74.5. The Labute approximate surface area is 549 Å². The Morgan fingerprint density at radius 2 is 0.839 bits per heavy atom. The number of carboxylic acids is 1. The number of carbonyl (C=O) groups excluding carboxylic acids is 9. The molecule has 0 saturated carbocycles. The molecule has 0 aliphatic heterocycles. The molecule has 0 heterocycles. The molecule has 0 aromatic heterocycles. The van der Waals surface area contributed by atoms with Crippen LogP contribution < -0.4 is 65.5 Å². The van der Waals surface area contributed by atoms with Crippen molar-refractivity contribution in [2.24, 2.45) is 40.7 Å². The maximum absolute atomic E-state index is 14.3. The highest BCUT2D eigenvalue weighted by atomic mass is 16.4. The van der Waals surface area contributed by atoms with Gasteiger partial charge in [-0.1, -0.05) is 128 Å². The number of benzene rings is 1. The topological polar surface area (TPSA) is 503 Å². The number of carbonyl (C=O) groups is 10. The van der Waals surface area contributed by atoms with Crippen LogP contribution in [0.25, 0.3) is 0 Å². The minimum Gasteiger partial charge on any atom is -0.481 e. The van der Waals surface area contributed by atoms with Crippen LogP contribution in [0.3, 0.4) is 0 Å². The van der Waals surface area contributed by atoms with Crippen molar-refractivity contribution < 1.29 is 63.3 Å². The second-order valence-corrected chi connectivity index (χ2v) is 24.0. The summed E-state index contributed by atoms with van der Waals surface area (Å²) in [4.78, 5) is 137. The standard InChI is InChI=1S/C65H113N15O13/c1-3-5-6-7-8-9-10-11-12-13-14-15-19-31-57(87)76-51(38-44-25-17-16-18-26-44)62(93)79-49(30-24-37-75-65(71)72)55(85)41-47(42-81)61(92)80-52(43-82)56(86)40-46(28-22-35-73-63(67)68)60(91)78-50(32-33-58(88)89)54(84)39-45(27-20-21-34-66)59(90)77-48(53(83)4-2)29-23-36-74-64(69)70/h16-18,25-26,45-52,81-82H,3-15,19-24,27-43,66H2,1-2H3,(H,76,87)(H,77,90)(H,78,91)(H,79,93)(H,80,92)(H,88,89)(H4,67,68,73)(H4,69,70,74)(H4,71,72,75)/t45-,46-,47+,48+,49+,50+,51+,52+/m1/s1. The molecule has 1 rings (SSSR count). The number of hydrogen-bond donors (Lipinski definition) is 18. The van der Waals surface area contributed by atoms with Crippen molar-refractivity contribution in [2.45, 2.75) is 237 Å². The van der Waals surface area contributed by atoms with E-state index in [1.54, 1.807) is 37.3 Å². The van der Waals surface area contributed by atoms with E-state index in [9.17, 15) is 63.3 Å². The van der Waals surface area contributed by atoms with Gasteiger partial charge >= 0.3 is 5.97 Å². The van der Waals surface area contributed by atoms with Crippen molar-refractivity contribution in [1.29, 1.82) is 16.2 Å². The van der Waals surface area contributed by atoms with Crippen LogP contribution in [0.1, 0.15) is 206 Å². The van der Waals surface area contributed by atoms with Crippen LogP contribution in [0.4, 0.5) is 0 Å². The van der Waals surface area contributed by atoms with Crippen LogP contribution in [-0.4, -0.2) is 161 Å². The van der Waals surface area contributed by atoms with Gasteiger partial charge in [0.05, 0.1) is 37.3 Å². The number of aliphatic hydroxyl groups excluding tert-OH is 2. The molecule has 1 aromatic carbocycles. The summed E-state index contributed by atoms with van der Waals surface area (Å²) in [5.74, 6) is -12.4. The summed E-state index contributed by atoms with van der Waals surface area (Å²) in [6, 6.07) is 2.40. The number of unbranched alkanes of at least 4 members (excludes halogenated alkanes) is 13. The summed E-state index contributed by atoms with van der Waals surface area (Å²) >= 11 is 0. The van der Waals surface area contributed by atoms with Crippen molar-refractivity contribution in [2.75, 3.05) is 39.4 Å². The minimum absolute atomic E-state index is 0.0309. The molecular formula is C65H113N15O13. The number of guanidine groups is 3. The summed E-state index contributed by atoms with van der Waals surface area (Å²) in [6.07, 6.45) is 13.9. The molecule has 28 heteroatoms. The highest BCUT2D eigenvalue weighted by molar-refractivity contribution is 5.98. The first-order valence-electron chi connectivity index (χ1n) is 33.5. The van der Waals surface area contributed by atoms with Crippen LogP contribution in [0.15, 0.2) is 30.3 Å². The van der Waals surface area contributed by atoms with Crippen LogP contribution in [0, 0.1) is 34.0 Å². The molecule has 93 heavy (non-hydrogen) atoms. The number of aliphatic hydroxyl groups is 2. The normalized spacial score (nSPS) is 13.6. The number of carboxylic acid groups (broad SMARTS) is 1. The van der Waals surface area contributed by atoms with Crippen molar-refractivity contribution in [1.82, 2.24) is 42.5 Å². The lowest BCUT2D eigenvalue weighted by Crippen LogP contribution is -2.53. The van der Waals surface area contributed by atoms with Crippen molar-refractivity contribution in [3.63, 3.8) is 0 Å². The highest BCUT2D eigenvalue weighted by Gasteiger charge is 2.35. The second kappa shape index (κ2) is 50.9. The van der Waals surface area contributed by atoms with Gasteiger partial charge in [0, 0.05) is 76.4 Å². The minimum atomic E-state index is -1.71. The zero-order chi connectivity index (χ0) is 69.3. The fraction of sp³-hybridized carbons (Fsp3) is 0.708. The van der Waals surface area contributed by atoms with Crippen LogP contribution in [0.5, 0.6) is 0 Å². The number of Topliss-reactive ketones (excluding diaryl/α,β-unsaturated/α-hetero) is 4. The van der Waals surface area contributed by atoms with Gasteiger partial charge in [0.25, 0.3) is 0 Å². The maximum atomic E-state index is 14.3. The molecule has 5 amide bonds. The van der Waals surface area contributed by atoms with Gasteiger partial charge in [0.1, 0.15) is 12.1 Å². The zero-order valence-electron chi connectivity index (χ0n) is 55.2. The molecule has 22 N–H and O–H groups in total. The lowest BCUT2D eigenvalue weighted by Gasteiger charge is -2.26. The molecular weight excluding hydrogens is 1200 g/mol. The predicted octanol–water partition coefficient (Wildman–Crippen LogP) is 2.61. The molecule has 1 aromatic rings. The lowest BCUT2D eigenvalue weighted by molar-refractivity contribution is -0.139. The van der Waals surface area contributed by atoms with E-state index in [1.807, 2.05) is 0 Å². The molecule has 0 fully saturated rings. The van der Waals surface area contributed by atoms with E-state index in [0.717, 1.165) is 31.2 Å². The summed E-state index contributed by atoms with van der Waals surface area (Å²) in [7, 11) is 0. The molecule has 28 nitrogen and oxygen atoms in total. The molecule has 526 valence electrons. The average Bonchev–Trinajstić information content (AvgIpc) is 1.60. The van der Waals surface area contributed by atoms with Gasteiger partial charge in [-0.25, -0.2) is 0 Å². The molecule has 0 unspecified atom stereocenters. The van der Waals surface area contributed by atoms with Gasteiger partial charge in [-0.2, -0.15) is 0 Å². The first kappa shape index (κ1) is 83.4. The number of aliphatic carboxylic acids is 1. The third-order valence-electron chi connectivity index (χ3n) is 16.1. The Kier molecular flexibility index (Phi) is 45.7. The number of hydrogen-bond acceptors (Lipinski definition) is 16. The number of ketones is 4. The van der Waals surface area contributed by atoms with Gasteiger partial charge in [-0.05, 0) is 76.3 Å². The molecule has 0 spiro atoms. The summed E-state index contributed by atoms with van der Waals surface area (Å²) in [6.45, 7) is 2.58. The zero-order valence-corrected chi connectivity index (χ0v) is 55.2. The van der Waals surface area contributed by atoms with Crippen molar-refractivity contribution >= 4 is 76.5 Å². The monoisotopic (exact) mass is 1310 g/mol. The van der Waals surface area contributed by atoms with Crippen molar-refractivity contribution in [3.8, 4) is 0 Å². The summed E-state index contributed by atoms with van der Waals surface area (Å²) in [5.41, 5.74) is 22.8. The van der Waals surface area contributed by atoms with Crippen LogP contribution in [0.2, 0.25) is 0 Å². The third kappa shape index (κ3) is 39.5. The van der Waals surface area contributed by atoms with Crippen molar-refractivity contribution in [3.05, 3.63) is 35.9 Å². The third-order valence-corrected chi connectivity index (χ3v) is 16.1. The highest BCUT2D eigenvalue weighted by Crippen LogP contribution is 2.21. The lowest BCUT2D eigenvalue weighted by atomic mass is 9.89. The Morgan fingerprint density at radius 3 is 1.29 bits per heavy atom. The molecule has 0 aliphatic carbocycles. The van der Waals surface area contributed by atoms with Crippen LogP contribution >= 0.6 is 0 Å². The van der Waals surface area contributed by atoms with E-state index in [0.29, 0.717) is 25.7 Å². The number of amides is 5. The van der Waals surface area contributed by atoms with E-state index in [-0.39, 0.29) is 108 Å². The second-order valence-electron chi connectivity index (χ2n) is 24.0. The Bertz CT molecular complexity index is 2460. The largest absolute Gasteiger partial charge is 0.481 e. The quantitative estimate of drug-likeness (QED) is 0.0253. The van der Waals surface area contributed by atoms with Gasteiger partial charge in [0.15, 0.2) is 41.0 Å². The van der Waals surface area contributed by atoms with E-state index in [2.05, 4.69) is 49.5 Å². The maximum Gasteiger partial charge on any atom is 0.303 e. The van der Waals surface area contributed by atoms with Crippen LogP contribution in [-0.2, 0) is 54.4 Å². The molecule has 0 bridgehead atoms. The first-order chi connectivity index (χ1) is 44.5. The molecule has 0 saturated heterocycles. The van der Waals surface area contributed by atoms with E-state index < -0.39 is 146 Å². The molecule has 0 radical (unpaired) electrons. The number of rotatable bonds is 57. The number of nitrogens with two attached hydrogens (primary N) is 4. The molecule has 8 atom stereocenters. The van der Waals surface area contributed by atoms with Gasteiger partial charge in [-0.15, -0.1) is 0 Å². The fourth-order valence-corrected chi connectivity index (χ4v) is 10.7. The Balaban J connectivity index is 3.38. The van der Waals surface area contributed by atoms with E-state index >= 15 is 0 Å². The predicted molar refractivity (Wildman–Crippen MR) is 356 cm³/mol. The van der Waals surface area contributed by atoms with Gasteiger partial charge < -0.3 is 80.8 Å². The van der Waals surface area contributed by atoms with E-state index in [1.165, 1.54) is 51.4 Å². The molecule has 0 aliphatic rings. The van der Waals surface area contributed by atoms with E-state index in [4.69, 9.17) is 39.2 Å². The Morgan fingerprint density at radius 1 is 0.430 bits per heavy atom. The average molecular weight is 1310 g/mol. The van der Waals surface area contributed by atoms with Gasteiger partial charge in [-0.3, -0.25) is 64.2 Å². The SMILES string of the molecule is CCCCCCCCCCCCCCCC(=O)N[C@@H](Cc1ccccc1)C(=O)N[C@@H](CCCNC(=N)N)C(=O)C[C@@H](CO)C(=O)N[C@@H](CO)C(=O)C[C@@H](CCCNC(=N)N)C(=O)N[C@@H](CCC(=O)O)C(=O)C[C@@H](CCCCN)C(=O)N[C@@H](CCCNC(=N)N)C(=O)CC. The van der Waals surface area contributed by atoms with Gasteiger partial charge in [0.2, 0.25) is 29.5 Å². The smallest absolute Gasteiger partial charge is 0.303 e. The first-order valence-corrected chi connectivity index (χ1v) is 33.5. The Hall–Kier alpha value is -7.59.